The fourth-order valence-corrected chi connectivity index (χ4v) is 2.40. The number of fused-ring (bicyclic) bond motifs is 1. The molecule has 0 unspecified atom stereocenters. The Bertz CT molecular complexity index is 767. The van der Waals surface area contributed by atoms with Gasteiger partial charge < -0.3 is 14.2 Å². The maximum absolute atomic E-state index is 5.76. The molecule has 0 radical (unpaired) electrons. The van der Waals surface area contributed by atoms with E-state index in [1.54, 1.807) is 0 Å². The van der Waals surface area contributed by atoms with E-state index in [2.05, 4.69) is 18.2 Å². The molecule has 0 aliphatic heterocycles. The van der Waals surface area contributed by atoms with E-state index >= 15 is 0 Å². The van der Waals surface area contributed by atoms with Crippen molar-refractivity contribution in [3.05, 3.63) is 66.7 Å². The van der Waals surface area contributed by atoms with Crippen molar-refractivity contribution in [1.29, 1.82) is 0 Å². The number of rotatable bonds is 7. The van der Waals surface area contributed by atoms with Crippen LogP contribution in [0.5, 0.6) is 17.2 Å². The van der Waals surface area contributed by atoms with Crippen molar-refractivity contribution in [2.45, 2.75) is 6.92 Å². The van der Waals surface area contributed by atoms with Crippen LogP contribution in [0.1, 0.15) is 6.92 Å². The summed E-state index contributed by atoms with van der Waals surface area (Å²) in [5.41, 5.74) is 0. The van der Waals surface area contributed by atoms with Gasteiger partial charge in [0.25, 0.3) is 0 Å². The predicted molar refractivity (Wildman–Crippen MR) is 92.5 cm³/mol. The standard InChI is InChI=1S/C20H20O3/c1-2-21-18-8-5-9-19(15-18)22-12-13-23-20-11-10-16-6-3-4-7-17(16)14-20/h3-11,14-15H,2,12-13H2,1H3. The molecule has 3 aromatic carbocycles. The molecule has 0 atom stereocenters. The molecule has 0 saturated heterocycles. The lowest BCUT2D eigenvalue weighted by molar-refractivity contribution is 0.216. The third-order valence-electron chi connectivity index (χ3n) is 3.46. The van der Waals surface area contributed by atoms with Crippen molar-refractivity contribution >= 4 is 10.8 Å². The van der Waals surface area contributed by atoms with E-state index in [0.717, 1.165) is 17.2 Å². The zero-order valence-electron chi connectivity index (χ0n) is 13.2. The highest BCUT2D eigenvalue weighted by molar-refractivity contribution is 5.83. The molecule has 0 aromatic heterocycles. The second-order valence-corrected chi connectivity index (χ2v) is 5.11. The summed E-state index contributed by atoms with van der Waals surface area (Å²) in [5.74, 6) is 2.47. The van der Waals surface area contributed by atoms with Crippen LogP contribution < -0.4 is 14.2 Å². The Hall–Kier alpha value is -2.68. The summed E-state index contributed by atoms with van der Waals surface area (Å²) in [4.78, 5) is 0. The van der Waals surface area contributed by atoms with Crippen LogP contribution in [0.15, 0.2) is 66.7 Å². The molecule has 0 amide bonds. The molecule has 0 N–H and O–H groups in total. The Kier molecular flexibility index (Phi) is 4.99. The minimum Gasteiger partial charge on any atom is -0.494 e. The zero-order chi connectivity index (χ0) is 15.9. The first-order valence-corrected chi connectivity index (χ1v) is 7.82. The van der Waals surface area contributed by atoms with Crippen molar-refractivity contribution in [3.8, 4) is 17.2 Å². The fraction of sp³-hybridized carbons (Fsp3) is 0.200. The summed E-state index contributed by atoms with van der Waals surface area (Å²) in [6, 6.07) is 22.0. The first kappa shape index (κ1) is 15.2. The summed E-state index contributed by atoms with van der Waals surface area (Å²) < 4.78 is 16.9. The van der Waals surface area contributed by atoms with Gasteiger partial charge in [0.05, 0.1) is 6.61 Å². The van der Waals surface area contributed by atoms with Crippen molar-refractivity contribution < 1.29 is 14.2 Å². The SMILES string of the molecule is CCOc1cccc(OCCOc2ccc3ccccc3c2)c1. The molecular formula is C20H20O3. The molecule has 0 bridgehead atoms. The maximum atomic E-state index is 5.76. The van der Waals surface area contributed by atoms with Crippen LogP contribution in [0.4, 0.5) is 0 Å². The zero-order valence-corrected chi connectivity index (χ0v) is 13.2. The summed E-state index contributed by atoms with van der Waals surface area (Å²) in [6.45, 7) is 3.60. The number of benzene rings is 3. The number of hydrogen-bond acceptors (Lipinski definition) is 3. The smallest absolute Gasteiger partial charge is 0.123 e. The van der Waals surface area contributed by atoms with Crippen molar-refractivity contribution in [2.75, 3.05) is 19.8 Å². The first-order chi connectivity index (χ1) is 11.3. The second-order valence-electron chi connectivity index (χ2n) is 5.11. The van der Waals surface area contributed by atoms with Gasteiger partial charge in [0, 0.05) is 6.07 Å². The predicted octanol–water partition coefficient (Wildman–Crippen LogP) is 4.70. The highest BCUT2D eigenvalue weighted by Gasteiger charge is 1.99. The van der Waals surface area contributed by atoms with E-state index in [1.807, 2.05) is 55.5 Å². The van der Waals surface area contributed by atoms with E-state index in [0.29, 0.717) is 19.8 Å². The third kappa shape index (κ3) is 4.16. The average molecular weight is 308 g/mol. The lowest BCUT2D eigenvalue weighted by Crippen LogP contribution is -2.09. The third-order valence-corrected chi connectivity index (χ3v) is 3.46. The molecule has 3 rings (SSSR count). The Morgan fingerprint density at radius 1 is 0.609 bits per heavy atom. The van der Waals surface area contributed by atoms with Crippen LogP contribution in [0.25, 0.3) is 10.8 Å². The molecule has 0 aliphatic rings. The van der Waals surface area contributed by atoms with Gasteiger partial charge in [-0.2, -0.15) is 0 Å². The first-order valence-electron chi connectivity index (χ1n) is 7.82. The summed E-state index contributed by atoms with van der Waals surface area (Å²) in [7, 11) is 0. The molecule has 0 spiro atoms. The lowest BCUT2D eigenvalue weighted by atomic mass is 10.1. The van der Waals surface area contributed by atoms with Crippen LogP contribution in [0, 0.1) is 0 Å². The van der Waals surface area contributed by atoms with Crippen molar-refractivity contribution in [3.63, 3.8) is 0 Å². The van der Waals surface area contributed by atoms with Gasteiger partial charge in [-0.3, -0.25) is 0 Å². The van der Waals surface area contributed by atoms with E-state index in [1.165, 1.54) is 10.8 Å². The molecule has 3 heteroatoms. The number of hydrogen-bond donors (Lipinski definition) is 0. The molecular weight excluding hydrogens is 288 g/mol. The molecule has 23 heavy (non-hydrogen) atoms. The summed E-state index contributed by atoms with van der Waals surface area (Å²) >= 11 is 0. The highest BCUT2D eigenvalue weighted by Crippen LogP contribution is 2.21. The Labute approximate surface area is 136 Å². The molecule has 3 nitrogen and oxygen atoms in total. The van der Waals surface area contributed by atoms with Gasteiger partial charge in [0.15, 0.2) is 0 Å². The second kappa shape index (κ2) is 7.54. The largest absolute Gasteiger partial charge is 0.494 e. The van der Waals surface area contributed by atoms with Gasteiger partial charge in [-0.25, -0.2) is 0 Å². The number of ether oxygens (including phenoxy) is 3. The average Bonchev–Trinajstić information content (AvgIpc) is 2.59. The van der Waals surface area contributed by atoms with Gasteiger partial charge in [0.2, 0.25) is 0 Å². The molecule has 0 saturated carbocycles. The fourth-order valence-electron chi connectivity index (χ4n) is 2.40. The minimum absolute atomic E-state index is 0.488. The van der Waals surface area contributed by atoms with Gasteiger partial charge in [-0.15, -0.1) is 0 Å². The van der Waals surface area contributed by atoms with Crippen LogP contribution in [0.2, 0.25) is 0 Å². The summed E-state index contributed by atoms with van der Waals surface area (Å²) in [5, 5.41) is 2.39. The van der Waals surface area contributed by atoms with E-state index in [9.17, 15) is 0 Å². The van der Waals surface area contributed by atoms with Gasteiger partial charge in [0.1, 0.15) is 30.5 Å². The van der Waals surface area contributed by atoms with E-state index in [4.69, 9.17) is 14.2 Å². The Balaban J connectivity index is 1.51. The minimum atomic E-state index is 0.488. The van der Waals surface area contributed by atoms with Crippen molar-refractivity contribution in [2.24, 2.45) is 0 Å². The summed E-state index contributed by atoms with van der Waals surface area (Å²) in [6.07, 6.45) is 0. The lowest BCUT2D eigenvalue weighted by Gasteiger charge is -2.10. The van der Waals surface area contributed by atoms with E-state index in [-0.39, 0.29) is 0 Å². The molecule has 118 valence electrons. The van der Waals surface area contributed by atoms with Crippen molar-refractivity contribution in [1.82, 2.24) is 0 Å². The highest BCUT2D eigenvalue weighted by atomic mass is 16.5. The van der Waals surface area contributed by atoms with Gasteiger partial charge in [-0.1, -0.05) is 36.4 Å². The molecule has 3 aromatic rings. The van der Waals surface area contributed by atoms with E-state index < -0.39 is 0 Å². The normalized spacial score (nSPS) is 10.5. The van der Waals surface area contributed by atoms with Crippen LogP contribution in [0.3, 0.4) is 0 Å². The van der Waals surface area contributed by atoms with Crippen LogP contribution >= 0.6 is 0 Å². The Morgan fingerprint density at radius 2 is 1.26 bits per heavy atom. The molecule has 0 fully saturated rings. The van der Waals surface area contributed by atoms with Crippen LogP contribution in [-0.4, -0.2) is 19.8 Å². The quantitative estimate of drug-likeness (QED) is 0.592. The monoisotopic (exact) mass is 308 g/mol. The van der Waals surface area contributed by atoms with Crippen LogP contribution in [-0.2, 0) is 0 Å². The van der Waals surface area contributed by atoms with Gasteiger partial charge in [-0.05, 0) is 42.0 Å². The molecule has 0 aliphatic carbocycles. The molecule has 0 heterocycles. The maximum Gasteiger partial charge on any atom is 0.123 e. The van der Waals surface area contributed by atoms with Gasteiger partial charge >= 0.3 is 0 Å². The Morgan fingerprint density at radius 3 is 2.00 bits per heavy atom. The topological polar surface area (TPSA) is 27.7 Å².